The van der Waals surface area contributed by atoms with E-state index in [1.165, 1.54) is 0 Å². The molecular weight excluding hydrogens is 266 g/mol. The molecule has 5 heteroatoms. The summed E-state index contributed by atoms with van der Waals surface area (Å²) in [4.78, 5) is 11.2. The number of methoxy groups -OCH3 is 1. The largest absolute Gasteiger partial charge is 0.483 e. The molecule has 21 heavy (non-hydrogen) atoms. The fourth-order valence-electron chi connectivity index (χ4n) is 2.49. The zero-order valence-electron chi connectivity index (χ0n) is 13.2. The van der Waals surface area contributed by atoms with Crippen LogP contribution in [0.4, 0.5) is 5.69 Å². The van der Waals surface area contributed by atoms with E-state index in [-0.39, 0.29) is 11.5 Å². The number of fused-ring (bicyclic) bond motifs is 3. The van der Waals surface area contributed by atoms with Gasteiger partial charge in [0.25, 0.3) is 0 Å². The maximum Gasteiger partial charge on any atom is 0.213 e. The van der Waals surface area contributed by atoms with Crippen molar-refractivity contribution in [2.24, 2.45) is 5.41 Å². The summed E-state index contributed by atoms with van der Waals surface area (Å²) >= 11 is 0. The molecule has 2 aromatic heterocycles. The van der Waals surface area contributed by atoms with Gasteiger partial charge in [0.05, 0.1) is 25.4 Å². The quantitative estimate of drug-likeness (QED) is 0.807. The third kappa shape index (κ3) is 2.37. The van der Waals surface area contributed by atoms with Crippen LogP contribution >= 0.6 is 0 Å². The normalized spacial score (nSPS) is 18.3. The van der Waals surface area contributed by atoms with E-state index in [0.29, 0.717) is 5.88 Å². The van der Waals surface area contributed by atoms with Gasteiger partial charge in [-0.05, 0) is 6.07 Å². The monoisotopic (exact) mass is 287 g/mol. The van der Waals surface area contributed by atoms with Gasteiger partial charge in [-0.15, -0.1) is 0 Å². The second kappa shape index (κ2) is 4.76. The first-order valence-electron chi connectivity index (χ1n) is 7.11. The Bertz CT molecular complexity index is 679. The van der Waals surface area contributed by atoms with Gasteiger partial charge in [0.1, 0.15) is 17.3 Å². The van der Waals surface area contributed by atoms with E-state index >= 15 is 0 Å². The van der Waals surface area contributed by atoms with Gasteiger partial charge in [-0.1, -0.05) is 20.8 Å². The van der Waals surface area contributed by atoms with Crippen molar-refractivity contribution < 1.29 is 9.47 Å². The molecule has 0 spiro atoms. The molecule has 0 bridgehead atoms. The minimum absolute atomic E-state index is 0.0560. The first-order chi connectivity index (χ1) is 9.90. The molecule has 0 N–H and O–H groups in total. The van der Waals surface area contributed by atoms with E-state index in [0.717, 1.165) is 29.0 Å². The van der Waals surface area contributed by atoms with Gasteiger partial charge in [0, 0.05) is 18.5 Å². The van der Waals surface area contributed by atoms with Gasteiger partial charge in [-0.2, -0.15) is 0 Å². The summed E-state index contributed by atoms with van der Waals surface area (Å²) in [5.74, 6) is 1.37. The minimum atomic E-state index is 0.0560. The van der Waals surface area contributed by atoms with E-state index in [9.17, 15) is 0 Å². The Labute approximate surface area is 124 Å². The van der Waals surface area contributed by atoms with E-state index in [1.54, 1.807) is 7.11 Å². The molecule has 0 amide bonds. The predicted molar refractivity (Wildman–Crippen MR) is 83.2 cm³/mol. The van der Waals surface area contributed by atoms with E-state index in [4.69, 9.17) is 9.47 Å². The molecule has 1 atom stereocenters. The summed E-state index contributed by atoms with van der Waals surface area (Å²) < 4.78 is 11.5. The van der Waals surface area contributed by atoms with Crippen molar-refractivity contribution in [3.63, 3.8) is 0 Å². The van der Waals surface area contributed by atoms with Crippen LogP contribution in [0.1, 0.15) is 20.8 Å². The molecule has 1 aliphatic rings. The molecule has 1 aliphatic heterocycles. The molecule has 112 valence electrons. The Morgan fingerprint density at radius 3 is 2.76 bits per heavy atom. The van der Waals surface area contributed by atoms with Crippen LogP contribution in [0.25, 0.3) is 11.0 Å². The van der Waals surface area contributed by atoms with Crippen molar-refractivity contribution in [1.29, 1.82) is 0 Å². The van der Waals surface area contributed by atoms with Crippen molar-refractivity contribution in [3.05, 3.63) is 18.3 Å². The Hall–Kier alpha value is -2.04. The Morgan fingerprint density at radius 2 is 2.10 bits per heavy atom. The highest BCUT2D eigenvalue weighted by Crippen LogP contribution is 2.40. The lowest BCUT2D eigenvalue weighted by Gasteiger charge is -2.40. The Kier molecular flexibility index (Phi) is 3.15. The number of anilines is 1. The summed E-state index contributed by atoms with van der Waals surface area (Å²) in [6.07, 6.45) is 1.96. The molecule has 0 saturated heterocycles. The summed E-state index contributed by atoms with van der Waals surface area (Å²) in [6, 6.07) is 3.72. The second-order valence-corrected chi connectivity index (χ2v) is 6.55. The van der Waals surface area contributed by atoms with Crippen LogP contribution in [0.5, 0.6) is 11.6 Å². The van der Waals surface area contributed by atoms with Gasteiger partial charge in [0.15, 0.2) is 5.75 Å². The molecule has 2 aromatic rings. The molecule has 0 aliphatic carbocycles. The number of ether oxygens (including phenoxy) is 2. The number of hydrogen-bond donors (Lipinski definition) is 0. The van der Waals surface area contributed by atoms with E-state index in [1.807, 2.05) is 18.3 Å². The topological polar surface area (TPSA) is 47.5 Å². The van der Waals surface area contributed by atoms with E-state index < -0.39 is 0 Å². The van der Waals surface area contributed by atoms with Crippen LogP contribution in [0.3, 0.4) is 0 Å². The average Bonchev–Trinajstić information content (AvgIpc) is 2.45. The number of rotatable bonds is 1. The van der Waals surface area contributed by atoms with Crippen LogP contribution in [-0.4, -0.2) is 36.8 Å². The Morgan fingerprint density at radius 1 is 1.33 bits per heavy atom. The average molecular weight is 287 g/mol. The fraction of sp³-hybridized carbons (Fsp3) is 0.500. The third-order valence-corrected chi connectivity index (χ3v) is 3.91. The number of hydrogen-bond acceptors (Lipinski definition) is 5. The molecule has 3 rings (SSSR count). The lowest BCUT2D eigenvalue weighted by Crippen LogP contribution is -2.45. The highest BCUT2D eigenvalue weighted by molar-refractivity contribution is 5.87. The first kappa shape index (κ1) is 13.9. The molecule has 3 heterocycles. The molecule has 0 saturated carbocycles. The number of likely N-dealkylation sites (N-methyl/N-ethyl adjacent to an activating group) is 1. The molecule has 5 nitrogen and oxygen atoms in total. The minimum Gasteiger partial charge on any atom is -0.483 e. The fourth-order valence-corrected chi connectivity index (χ4v) is 2.49. The lowest BCUT2D eigenvalue weighted by atomic mass is 9.88. The van der Waals surface area contributed by atoms with Crippen LogP contribution in [0.15, 0.2) is 18.3 Å². The van der Waals surface area contributed by atoms with Crippen LogP contribution in [-0.2, 0) is 0 Å². The summed E-state index contributed by atoms with van der Waals surface area (Å²) in [6.45, 7) is 7.41. The predicted octanol–water partition coefficient (Wildman–Crippen LogP) is 2.88. The molecule has 0 aromatic carbocycles. The maximum absolute atomic E-state index is 6.28. The van der Waals surface area contributed by atoms with Gasteiger partial charge < -0.3 is 14.4 Å². The SMILES string of the molecule is COc1ccc2ncc3c(c2n1)OC(C(C)(C)C)CN3C. The second-order valence-electron chi connectivity index (χ2n) is 6.55. The van der Waals surface area contributed by atoms with Gasteiger partial charge in [-0.3, -0.25) is 4.98 Å². The first-order valence-corrected chi connectivity index (χ1v) is 7.11. The summed E-state index contributed by atoms with van der Waals surface area (Å²) in [5.41, 5.74) is 2.61. The lowest BCUT2D eigenvalue weighted by molar-refractivity contribution is 0.0865. The van der Waals surface area contributed by atoms with Crippen molar-refractivity contribution in [2.75, 3.05) is 25.6 Å². The number of nitrogens with zero attached hydrogens (tertiary/aromatic N) is 3. The standard InChI is InChI=1S/C16H21N3O2/c1-16(2,3)12-9-19(4)11-8-17-10-6-7-13(20-5)18-14(10)15(11)21-12/h6-8,12H,9H2,1-5H3. The Balaban J connectivity index is 2.17. The van der Waals surface area contributed by atoms with Crippen molar-refractivity contribution in [3.8, 4) is 11.6 Å². The highest BCUT2D eigenvalue weighted by Gasteiger charge is 2.34. The highest BCUT2D eigenvalue weighted by atomic mass is 16.5. The molecule has 0 radical (unpaired) electrons. The van der Waals surface area contributed by atoms with Crippen molar-refractivity contribution in [2.45, 2.75) is 26.9 Å². The van der Waals surface area contributed by atoms with Gasteiger partial charge in [0.2, 0.25) is 5.88 Å². The summed E-state index contributed by atoms with van der Waals surface area (Å²) in [7, 11) is 3.68. The van der Waals surface area contributed by atoms with Crippen LogP contribution in [0.2, 0.25) is 0 Å². The van der Waals surface area contributed by atoms with Crippen molar-refractivity contribution in [1.82, 2.24) is 9.97 Å². The molecular formula is C16H21N3O2. The summed E-state index contributed by atoms with van der Waals surface area (Å²) in [5, 5.41) is 0. The molecule has 1 unspecified atom stereocenters. The van der Waals surface area contributed by atoms with E-state index in [2.05, 4.69) is 42.7 Å². The van der Waals surface area contributed by atoms with Crippen molar-refractivity contribution >= 4 is 16.7 Å². The van der Waals surface area contributed by atoms with Crippen LogP contribution < -0.4 is 14.4 Å². The zero-order chi connectivity index (χ0) is 15.2. The zero-order valence-corrected chi connectivity index (χ0v) is 13.2. The smallest absolute Gasteiger partial charge is 0.213 e. The molecule has 0 fully saturated rings. The number of pyridine rings is 2. The number of aromatic nitrogens is 2. The maximum atomic E-state index is 6.28. The van der Waals surface area contributed by atoms with Crippen LogP contribution in [0, 0.1) is 5.41 Å². The van der Waals surface area contributed by atoms with Gasteiger partial charge >= 0.3 is 0 Å². The van der Waals surface area contributed by atoms with Gasteiger partial charge in [-0.25, -0.2) is 4.98 Å². The third-order valence-electron chi connectivity index (χ3n) is 3.91.